The van der Waals surface area contributed by atoms with Crippen LogP contribution in [0.2, 0.25) is 0 Å². The van der Waals surface area contributed by atoms with Crippen molar-refractivity contribution in [3.05, 3.63) is 0 Å². The third-order valence-electron chi connectivity index (χ3n) is 7.65. The molecule has 2 aliphatic heterocycles. The molecule has 2 fully saturated rings. The van der Waals surface area contributed by atoms with E-state index < -0.39 is 0 Å². The van der Waals surface area contributed by atoms with E-state index in [1.54, 1.807) is 0 Å². The van der Waals surface area contributed by atoms with Crippen LogP contribution in [-0.4, -0.2) is 61.0 Å². The Morgan fingerprint density at radius 3 is 1.22 bits per heavy atom. The second-order valence-corrected chi connectivity index (χ2v) is 14.8. The van der Waals surface area contributed by atoms with Crippen molar-refractivity contribution in [3.63, 3.8) is 0 Å². The molecule has 0 amide bonds. The maximum Gasteiger partial charge on any atom is 0.158 e. The summed E-state index contributed by atoms with van der Waals surface area (Å²) in [6, 6.07) is 0. The van der Waals surface area contributed by atoms with E-state index in [0.717, 1.165) is 12.8 Å². The zero-order chi connectivity index (χ0) is 26.6. The zero-order valence-electron chi connectivity index (χ0n) is 24.8. The van der Waals surface area contributed by atoms with Gasteiger partial charge in [-0.15, -0.1) is 0 Å². The van der Waals surface area contributed by atoms with Gasteiger partial charge in [-0.3, -0.25) is 0 Å². The lowest BCUT2D eigenvalue weighted by atomic mass is 9.90. The average molecular weight is 561 g/mol. The van der Waals surface area contributed by atoms with E-state index in [2.05, 4.69) is 51.2 Å². The molecule has 1 spiro atoms. The van der Waals surface area contributed by atoms with Gasteiger partial charge in [0.1, 0.15) is 0 Å². The van der Waals surface area contributed by atoms with Crippen LogP contribution in [0.4, 0.5) is 0 Å². The fourth-order valence-electron chi connectivity index (χ4n) is 5.06. The SMILES string of the molecule is CCCCCCCCCSC(C)CC1OCC2(CO1)COC(CC(C)SCCCCCCCCC)OC2. The summed E-state index contributed by atoms with van der Waals surface area (Å²) in [5, 5.41) is 1.14. The molecule has 0 radical (unpaired) electrons. The van der Waals surface area contributed by atoms with Gasteiger partial charge in [0, 0.05) is 23.3 Å². The first kappa shape index (κ1) is 33.7. The normalized spacial score (nSPS) is 25.9. The van der Waals surface area contributed by atoms with Gasteiger partial charge in [-0.1, -0.05) is 105 Å². The Morgan fingerprint density at radius 1 is 0.541 bits per heavy atom. The number of ether oxygens (including phenoxy) is 4. The Morgan fingerprint density at radius 2 is 0.865 bits per heavy atom. The topological polar surface area (TPSA) is 36.9 Å². The van der Waals surface area contributed by atoms with E-state index in [0.29, 0.717) is 36.9 Å². The van der Waals surface area contributed by atoms with Gasteiger partial charge >= 0.3 is 0 Å². The van der Waals surface area contributed by atoms with Gasteiger partial charge in [0.05, 0.1) is 31.8 Å². The fraction of sp³-hybridized carbons (Fsp3) is 1.00. The molecule has 0 bridgehead atoms. The smallest absolute Gasteiger partial charge is 0.158 e. The van der Waals surface area contributed by atoms with Gasteiger partial charge in [0.2, 0.25) is 0 Å². The molecule has 37 heavy (non-hydrogen) atoms. The van der Waals surface area contributed by atoms with Crippen molar-refractivity contribution in [1.29, 1.82) is 0 Å². The van der Waals surface area contributed by atoms with E-state index in [1.807, 2.05) is 0 Å². The van der Waals surface area contributed by atoms with Crippen molar-refractivity contribution in [2.45, 2.75) is 154 Å². The molecule has 6 heteroatoms. The van der Waals surface area contributed by atoms with Crippen LogP contribution in [0.5, 0.6) is 0 Å². The van der Waals surface area contributed by atoms with Gasteiger partial charge in [-0.2, -0.15) is 23.5 Å². The van der Waals surface area contributed by atoms with Crippen molar-refractivity contribution in [2.75, 3.05) is 37.9 Å². The molecule has 0 aromatic carbocycles. The first-order valence-electron chi connectivity index (χ1n) is 15.8. The highest BCUT2D eigenvalue weighted by Crippen LogP contribution is 2.34. The van der Waals surface area contributed by atoms with Crippen LogP contribution in [0, 0.1) is 5.41 Å². The molecule has 2 heterocycles. The molecule has 0 N–H and O–H groups in total. The summed E-state index contributed by atoms with van der Waals surface area (Å²) in [5.41, 5.74) is -0.130. The molecule has 0 aliphatic carbocycles. The molecular formula is C31H60O4S2. The molecule has 0 aromatic heterocycles. The number of hydrogen-bond acceptors (Lipinski definition) is 6. The largest absolute Gasteiger partial charge is 0.352 e. The zero-order valence-corrected chi connectivity index (χ0v) is 26.4. The summed E-state index contributed by atoms with van der Waals surface area (Å²) in [4.78, 5) is 0. The number of hydrogen-bond donors (Lipinski definition) is 0. The Kier molecular flexibility index (Phi) is 19.4. The Balaban J connectivity index is 1.47. The highest BCUT2D eigenvalue weighted by atomic mass is 32.2. The molecule has 220 valence electrons. The third-order valence-corrected chi connectivity index (χ3v) is 10.2. The van der Waals surface area contributed by atoms with Gasteiger partial charge in [0.15, 0.2) is 12.6 Å². The number of thioether (sulfide) groups is 2. The maximum absolute atomic E-state index is 6.15. The summed E-state index contributed by atoms with van der Waals surface area (Å²) in [5.74, 6) is 2.51. The second-order valence-electron chi connectivity index (χ2n) is 11.7. The Labute approximate surface area is 238 Å². The Bertz CT molecular complexity index is 470. The maximum atomic E-state index is 6.15. The van der Waals surface area contributed by atoms with Gasteiger partial charge in [-0.05, 0) is 24.3 Å². The summed E-state index contributed by atoms with van der Waals surface area (Å²) in [6.45, 7) is 11.9. The molecule has 2 rings (SSSR count). The van der Waals surface area contributed by atoms with E-state index in [9.17, 15) is 0 Å². The van der Waals surface area contributed by atoms with Crippen LogP contribution in [-0.2, 0) is 18.9 Å². The van der Waals surface area contributed by atoms with Crippen LogP contribution in [0.1, 0.15) is 130 Å². The quantitative estimate of drug-likeness (QED) is 0.123. The highest BCUT2D eigenvalue weighted by molar-refractivity contribution is 8.00. The highest BCUT2D eigenvalue weighted by Gasteiger charge is 2.42. The minimum atomic E-state index is -0.130. The fourth-order valence-corrected chi connectivity index (χ4v) is 7.20. The van der Waals surface area contributed by atoms with Crippen molar-refractivity contribution >= 4 is 23.5 Å². The van der Waals surface area contributed by atoms with Crippen LogP contribution in [0.3, 0.4) is 0 Å². The molecule has 2 atom stereocenters. The van der Waals surface area contributed by atoms with Crippen molar-refractivity contribution < 1.29 is 18.9 Å². The predicted molar refractivity (Wildman–Crippen MR) is 163 cm³/mol. The predicted octanol–water partition coefficient (Wildman–Crippen LogP) is 9.24. The lowest BCUT2D eigenvalue weighted by molar-refractivity contribution is -0.303. The lowest BCUT2D eigenvalue weighted by Crippen LogP contribution is -2.52. The second kappa shape index (κ2) is 21.3. The van der Waals surface area contributed by atoms with Crippen LogP contribution < -0.4 is 0 Å². The molecule has 2 unspecified atom stereocenters. The van der Waals surface area contributed by atoms with Crippen LogP contribution in [0.15, 0.2) is 0 Å². The molecular weight excluding hydrogens is 500 g/mol. The summed E-state index contributed by atoms with van der Waals surface area (Å²) >= 11 is 4.14. The summed E-state index contributed by atoms with van der Waals surface area (Å²) in [7, 11) is 0. The van der Waals surface area contributed by atoms with Crippen molar-refractivity contribution in [3.8, 4) is 0 Å². The van der Waals surface area contributed by atoms with Gasteiger partial charge < -0.3 is 18.9 Å². The monoisotopic (exact) mass is 560 g/mol. The van der Waals surface area contributed by atoms with Gasteiger partial charge in [0.25, 0.3) is 0 Å². The van der Waals surface area contributed by atoms with Crippen LogP contribution >= 0.6 is 23.5 Å². The molecule has 4 nitrogen and oxygen atoms in total. The van der Waals surface area contributed by atoms with Gasteiger partial charge in [-0.25, -0.2) is 0 Å². The summed E-state index contributed by atoms with van der Waals surface area (Å²) < 4.78 is 24.6. The number of rotatable bonds is 22. The molecule has 2 aliphatic rings. The molecule has 0 saturated carbocycles. The van der Waals surface area contributed by atoms with E-state index in [4.69, 9.17) is 18.9 Å². The molecule has 0 aromatic rings. The van der Waals surface area contributed by atoms with Crippen LogP contribution in [0.25, 0.3) is 0 Å². The van der Waals surface area contributed by atoms with E-state index in [-0.39, 0.29) is 18.0 Å². The molecule has 2 saturated heterocycles. The van der Waals surface area contributed by atoms with E-state index in [1.165, 1.54) is 101 Å². The average Bonchev–Trinajstić information content (AvgIpc) is 2.90. The Hall–Kier alpha value is 0.540. The lowest BCUT2D eigenvalue weighted by Gasteiger charge is -2.44. The summed E-state index contributed by atoms with van der Waals surface area (Å²) in [6.07, 6.45) is 21.1. The minimum absolute atomic E-state index is 0.0806. The standard InChI is InChI=1S/C31H60O4S2/c1-5-7-9-11-13-15-17-19-36-27(3)21-29-32-23-31(24-33-29)25-34-30(35-26-31)22-28(4)37-20-18-16-14-12-10-8-6-2/h27-30H,5-26H2,1-4H3. The minimum Gasteiger partial charge on any atom is -0.352 e. The van der Waals surface area contributed by atoms with Crippen molar-refractivity contribution in [2.24, 2.45) is 5.41 Å². The first-order chi connectivity index (χ1) is 18.1. The first-order valence-corrected chi connectivity index (χ1v) is 17.9. The van der Waals surface area contributed by atoms with Crippen molar-refractivity contribution in [1.82, 2.24) is 0 Å². The van der Waals surface area contributed by atoms with E-state index >= 15 is 0 Å². The number of unbranched alkanes of at least 4 members (excludes halogenated alkanes) is 12. The third kappa shape index (κ3) is 15.8.